The van der Waals surface area contributed by atoms with Crippen molar-refractivity contribution in [2.45, 2.75) is 33.2 Å². The SMILES string of the molecule is CC1(C)[C@H]2CC=C(Cn3ccc4c(C=O)cccc43)[C@H]1C2. The second kappa shape index (κ2) is 4.33. The molecule has 0 N–H and O–H groups in total. The number of hydrogen-bond acceptors (Lipinski definition) is 1. The van der Waals surface area contributed by atoms with E-state index in [0.717, 1.165) is 35.6 Å². The van der Waals surface area contributed by atoms with Crippen LogP contribution in [0.15, 0.2) is 42.1 Å². The fourth-order valence-corrected chi connectivity index (χ4v) is 4.34. The zero-order chi connectivity index (χ0) is 14.6. The first kappa shape index (κ1) is 12.9. The highest BCUT2D eigenvalue weighted by atomic mass is 16.1. The van der Waals surface area contributed by atoms with Gasteiger partial charge in [0.1, 0.15) is 0 Å². The Kier molecular flexibility index (Phi) is 2.66. The van der Waals surface area contributed by atoms with E-state index in [1.54, 1.807) is 5.57 Å². The van der Waals surface area contributed by atoms with Crippen molar-refractivity contribution in [3.8, 4) is 0 Å². The molecule has 2 atom stereocenters. The van der Waals surface area contributed by atoms with Crippen LogP contribution in [0.25, 0.3) is 10.9 Å². The molecular weight excluding hydrogens is 258 g/mol. The van der Waals surface area contributed by atoms with E-state index in [0.29, 0.717) is 5.41 Å². The zero-order valence-electron chi connectivity index (χ0n) is 12.7. The molecule has 2 bridgehead atoms. The van der Waals surface area contributed by atoms with Gasteiger partial charge in [0, 0.05) is 29.2 Å². The minimum atomic E-state index is 0.473. The van der Waals surface area contributed by atoms with E-state index in [1.165, 1.54) is 18.4 Å². The van der Waals surface area contributed by atoms with Gasteiger partial charge in [0.05, 0.1) is 0 Å². The fraction of sp³-hybridized carbons (Fsp3) is 0.421. The summed E-state index contributed by atoms with van der Waals surface area (Å²) in [6.45, 7) is 5.79. The van der Waals surface area contributed by atoms with Crippen LogP contribution in [0.4, 0.5) is 0 Å². The Morgan fingerprint density at radius 2 is 2.19 bits per heavy atom. The van der Waals surface area contributed by atoms with E-state index in [4.69, 9.17) is 0 Å². The highest BCUT2D eigenvalue weighted by Crippen LogP contribution is 2.59. The predicted molar refractivity (Wildman–Crippen MR) is 85.4 cm³/mol. The molecule has 0 unspecified atom stereocenters. The summed E-state index contributed by atoms with van der Waals surface area (Å²) in [5.41, 5.74) is 4.00. The van der Waals surface area contributed by atoms with E-state index in [9.17, 15) is 4.79 Å². The van der Waals surface area contributed by atoms with Crippen molar-refractivity contribution < 1.29 is 4.79 Å². The molecule has 0 radical (unpaired) electrons. The average molecular weight is 279 g/mol. The molecule has 3 aliphatic carbocycles. The van der Waals surface area contributed by atoms with Gasteiger partial charge in [0.2, 0.25) is 0 Å². The predicted octanol–water partition coefficient (Wildman–Crippen LogP) is 4.45. The molecule has 1 fully saturated rings. The summed E-state index contributed by atoms with van der Waals surface area (Å²) in [6.07, 6.45) is 8.12. The summed E-state index contributed by atoms with van der Waals surface area (Å²) in [7, 11) is 0. The van der Waals surface area contributed by atoms with Gasteiger partial charge in [-0.2, -0.15) is 0 Å². The molecule has 2 aromatic rings. The number of benzene rings is 1. The van der Waals surface area contributed by atoms with Gasteiger partial charge in [0.15, 0.2) is 6.29 Å². The van der Waals surface area contributed by atoms with Gasteiger partial charge in [-0.25, -0.2) is 0 Å². The van der Waals surface area contributed by atoms with Gasteiger partial charge in [-0.1, -0.05) is 37.6 Å². The Bertz CT molecular complexity index is 750. The van der Waals surface area contributed by atoms with Gasteiger partial charge in [0.25, 0.3) is 0 Å². The van der Waals surface area contributed by atoms with Gasteiger partial charge in [-0.05, 0) is 42.2 Å². The van der Waals surface area contributed by atoms with Crippen LogP contribution in [0, 0.1) is 17.3 Å². The second-order valence-electron chi connectivity index (χ2n) is 7.16. The normalized spacial score (nSPS) is 26.3. The molecule has 0 spiro atoms. The number of aldehydes is 1. The Morgan fingerprint density at radius 1 is 1.33 bits per heavy atom. The van der Waals surface area contributed by atoms with Crippen LogP contribution in [-0.2, 0) is 6.54 Å². The third kappa shape index (κ3) is 1.75. The van der Waals surface area contributed by atoms with Gasteiger partial charge in [-0.15, -0.1) is 0 Å². The first-order valence-electron chi connectivity index (χ1n) is 7.83. The summed E-state index contributed by atoms with van der Waals surface area (Å²) in [5.74, 6) is 1.62. The van der Waals surface area contributed by atoms with Crippen molar-refractivity contribution in [2.75, 3.05) is 0 Å². The molecule has 21 heavy (non-hydrogen) atoms. The second-order valence-corrected chi connectivity index (χ2v) is 7.16. The van der Waals surface area contributed by atoms with Crippen LogP contribution in [0.2, 0.25) is 0 Å². The molecule has 1 aromatic heterocycles. The summed E-state index contributed by atoms with van der Waals surface area (Å²) in [4.78, 5) is 11.1. The maximum atomic E-state index is 11.1. The highest BCUT2D eigenvalue weighted by molar-refractivity contribution is 5.97. The number of carbonyl (C=O) groups excluding carboxylic acids is 1. The van der Waals surface area contributed by atoms with Crippen molar-refractivity contribution >= 4 is 17.2 Å². The molecule has 2 nitrogen and oxygen atoms in total. The van der Waals surface area contributed by atoms with E-state index < -0.39 is 0 Å². The fourth-order valence-electron chi connectivity index (χ4n) is 4.34. The van der Waals surface area contributed by atoms with Crippen molar-refractivity contribution in [1.82, 2.24) is 4.57 Å². The van der Waals surface area contributed by atoms with Crippen molar-refractivity contribution in [2.24, 2.45) is 17.3 Å². The lowest BCUT2D eigenvalue weighted by molar-refractivity contribution is -0.00884. The molecule has 0 amide bonds. The highest BCUT2D eigenvalue weighted by Gasteiger charge is 2.50. The molecular formula is C19H21NO. The number of allylic oxidation sites excluding steroid dienone is 2. The number of fused-ring (bicyclic) bond motifs is 2. The van der Waals surface area contributed by atoms with Crippen LogP contribution in [0.1, 0.15) is 37.0 Å². The molecule has 1 heterocycles. The molecule has 3 aliphatic rings. The first-order valence-corrected chi connectivity index (χ1v) is 7.83. The Hall–Kier alpha value is -1.83. The van der Waals surface area contributed by atoms with Crippen molar-refractivity contribution in [3.63, 3.8) is 0 Å². The smallest absolute Gasteiger partial charge is 0.150 e. The van der Waals surface area contributed by atoms with Gasteiger partial charge >= 0.3 is 0 Å². The monoisotopic (exact) mass is 279 g/mol. The topological polar surface area (TPSA) is 22.0 Å². The Morgan fingerprint density at radius 3 is 2.90 bits per heavy atom. The Balaban J connectivity index is 1.70. The van der Waals surface area contributed by atoms with E-state index in [1.807, 2.05) is 12.1 Å². The van der Waals surface area contributed by atoms with Gasteiger partial charge < -0.3 is 4.57 Å². The van der Waals surface area contributed by atoms with Crippen LogP contribution in [-0.4, -0.2) is 10.9 Å². The Labute approximate surface area is 125 Å². The summed E-state index contributed by atoms with van der Waals surface area (Å²) in [6, 6.07) is 8.04. The lowest BCUT2D eigenvalue weighted by Crippen LogP contribution is -2.48. The van der Waals surface area contributed by atoms with Gasteiger partial charge in [-0.3, -0.25) is 4.79 Å². The maximum absolute atomic E-state index is 11.1. The number of rotatable bonds is 3. The number of carbonyl (C=O) groups is 1. The largest absolute Gasteiger partial charge is 0.343 e. The number of nitrogens with zero attached hydrogens (tertiary/aromatic N) is 1. The van der Waals surface area contributed by atoms with Crippen molar-refractivity contribution in [1.29, 1.82) is 0 Å². The molecule has 108 valence electrons. The van der Waals surface area contributed by atoms with E-state index >= 15 is 0 Å². The first-order chi connectivity index (χ1) is 10.1. The molecule has 2 heteroatoms. The number of hydrogen-bond donors (Lipinski definition) is 0. The lowest BCUT2D eigenvalue weighted by atomic mass is 9.49. The van der Waals surface area contributed by atoms with E-state index in [2.05, 4.69) is 42.8 Å². The number of aromatic nitrogens is 1. The molecule has 1 saturated carbocycles. The van der Waals surface area contributed by atoms with Crippen molar-refractivity contribution in [3.05, 3.63) is 47.7 Å². The summed E-state index contributed by atoms with van der Waals surface area (Å²) in [5, 5.41) is 1.06. The minimum absolute atomic E-state index is 0.473. The van der Waals surface area contributed by atoms with Crippen LogP contribution < -0.4 is 0 Å². The lowest BCUT2D eigenvalue weighted by Gasteiger charge is -2.56. The standard InChI is InChI=1S/C19H21NO/c1-19(2)15-7-6-13(17(19)10-15)11-20-9-8-16-14(12-21)4-3-5-18(16)20/h3-6,8-9,12,15,17H,7,10-11H2,1-2H3/t15-,17+/m0/s1. The maximum Gasteiger partial charge on any atom is 0.150 e. The molecule has 5 rings (SSSR count). The van der Waals surface area contributed by atoms with Crippen LogP contribution in [0.3, 0.4) is 0 Å². The third-order valence-corrected chi connectivity index (χ3v) is 5.91. The minimum Gasteiger partial charge on any atom is -0.343 e. The summed E-state index contributed by atoms with van der Waals surface area (Å²) >= 11 is 0. The summed E-state index contributed by atoms with van der Waals surface area (Å²) < 4.78 is 2.29. The van der Waals surface area contributed by atoms with Crippen LogP contribution >= 0.6 is 0 Å². The molecule has 1 aromatic carbocycles. The van der Waals surface area contributed by atoms with Crippen LogP contribution in [0.5, 0.6) is 0 Å². The molecule has 0 saturated heterocycles. The molecule has 0 aliphatic heterocycles. The zero-order valence-corrected chi connectivity index (χ0v) is 12.7. The third-order valence-electron chi connectivity index (χ3n) is 5.91. The quantitative estimate of drug-likeness (QED) is 0.601. The average Bonchev–Trinajstić information content (AvgIpc) is 2.90. The van der Waals surface area contributed by atoms with E-state index in [-0.39, 0.29) is 0 Å².